The fourth-order valence-electron chi connectivity index (χ4n) is 1.10. The zero-order valence-electron chi connectivity index (χ0n) is 6.13. The SMILES string of the molecule is O=C([O-])C1=[C+]c2ccccc2N1. The van der Waals surface area contributed by atoms with Gasteiger partial charge in [-0.05, 0) is 12.1 Å². The zero-order chi connectivity index (χ0) is 8.55. The molecule has 3 nitrogen and oxygen atoms in total. The Bertz CT molecular complexity index is 369. The second-order valence-corrected chi connectivity index (χ2v) is 2.46. The van der Waals surface area contributed by atoms with E-state index in [0.29, 0.717) is 0 Å². The first-order chi connectivity index (χ1) is 5.77. The van der Waals surface area contributed by atoms with Gasteiger partial charge in [0.15, 0.2) is 11.5 Å². The molecule has 2 rings (SSSR count). The topological polar surface area (TPSA) is 52.2 Å². The molecule has 0 saturated carbocycles. The van der Waals surface area contributed by atoms with Gasteiger partial charge in [0.1, 0.15) is 5.69 Å². The van der Waals surface area contributed by atoms with Crippen LogP contribution >= 0.6 is 0 Å². The van der Waals surface area contributed by atoms with Crippen LogP contribution in [-0.2, 0) is 4.79 Å². The van der Waals surface area contributed by atoms with Gasteiger partial charge in [-0.3, -0.25) is 5.32 Å². The van der Waals surface area contributed by atoms with Gasteiger partial charge in [0.05, 0.1) is 6.08 Å². The van der Waals surface area contributed by atoms with Crippen LogP contribution < -0.4 is 10.4 Å². The Morgan fingerprint density at radius 2 is 2.17 bits per heavy atom. The third-order valence-electron chi connectivity index (χ3n) is 1.65. The summed E-state index contributed by atoms with van der Waals surface area (Å²) in [5.74, 6) is -1.23. The third kappa shape index (κ3) is 0.929. The molecule has 0 fully saturated rings. The molecule has 0 radical (unpaired) electrons. The molecule has 1 heterocycles. The number of rotatable bonds is 1. The second-order valence-electron chi connectivity index (χ2n) is 2.46. The van der Waals surface area contributed by atoms with Gasteiger partial charge in [-0.15, -0.1) is 0 Å². The molecule has 0 spiro atoms. The van der Waals surface area contributed by atoms with E-state index in [-0.39, 0.29) is 5.70 Å². The van der Waals surface area contributed by atoms with Crippen molar-refractivity contribution in [3.8, 4) is 0 Å². The summed E-state index contributed by atoms with van der Waals surface area (Å²) in [6.45, 7) is 0. The van der Waals surface area contributed by atoms with Gasteiger partial charge in [-0.2, -0.15) is 0 Å². The predicted molar refractivity (Wildman–Crippen MR) is 40.9 cm³/mol. The number of carboxylic acids is 1. The van der Waals surface area contributed by atoms with E-state index in [1.807, 2.05) is 12.1 Å². The largest absolute Gasteiger partial charge is 0.487 e. The van der Waals surface area contributed by atoms with Crippen LogP contribution in [0.25, 0.3) is 0 Å². The minimum absolute atomic E-state index is 0.00352. The number of fused-ring (bicyclic) bond motifs is 1. The van der Waals surface area contributed by atoms with E-state index in [1.54, 1.807) is 12.1 Å². The molecule has 58 valence electrons. The molecule has 0 aliphatic carbocycles. The van der Waals surface area contributed by atoms with Gasteiger partial charge < -0.3 is 9.90 Å². The summed E-state index contributed by atoms with van der Waals surface area (Å²) < 4.78 is 0. The van der Waals surface area contributed by atoms with Crippen molar-refractivity contribution in [2.45, 2.75) is 0 Å². The summed E-state index contributed by atoms with van der Waals surface area (Å²) in [4.78, 5) is 10.4. The molecule has 1 aromatic rings. The molecule has 1 aliphatic rings. The molecule has 1 aromatic carbocycles. The van der Waals surface area contributed by atoms with Crippen molar-refractivity contribution in [1.29, 1.82) is 0 Å². The number of anilines is 1. The lowest BCUT2D eigenvalue weighted by molar-refractivity contribution is -0.299. The van der Waals surface area contributed by atoms with Crippen LogP contribution in [-0.4, -0.2) is 5.97 Å². The van der Waals surface area contributed by atoms with Crippen LogP contribution in [0.3, 0.4) is 0 Å². The maximum atomic E-state index is 10.4. The summed E-state index contributed by atoms with van der Waals surface area (Å²) in [6, 6.07) is 7.23. The number of benzene rings is 1. The number of carbonyl (C=O) groups excluding carboxylic acids is 1. The fraction of sp³-hybridized carbons (Fsp3) is 0. The van der Waals surface area contributed by atoms with E-state index in [4.69, 9.17) is 0 Å². The van der Waals surface area contributed by atoms with Crippen LogP contribution in [0.2, 0.25) is 0 Å². The van der Waals surface area contributed by atoms with E-state index in [2.05, 4.69) is 11.4 Å². The zero-order valence-corrected chi connectivity index (χ0v) is 6.13. The molecular formula is C9H5NO2. The van der Waals surface area contributed by atoms with Crippen molar-refractivity contribution in [2.75, 3.05) is 5.32 Å². The number of hydrogen-bond acceptors (Lipinski definition) is 3. The highest BCUT2D eigenvalue weighted by molar-refractivity contribution is 5.91. The predicted octanol–water partition coefficient (Wildman–Crippen LogP) is -0.103. The first-order valence-corrected chi connectivity index (χ1v) is 3.49. The molecule has 3 heteroatoms. The molecule has 0 saturated heterocycles. The highest BCUT2D eigenvalue weighted by atomic mass is 16.4. The molecular weight excluding hydrogens is 154 g/mol. The number of nitrogens with one attached hydrogen (secondary N) is 1. The summed E-state index contributed by atoms with van der Waals surface area (Å²) in [5.41, 5.74) is 1.52. The van der Waals surface area contributed by atoms with Crippen molar-refractivity contribution in [2.24, 2.45) is 0 Å². The molecule has 1 aliphatic heterocycles. The molecule has 0 amide bonds. The Morgan fingerprint density at radius 3 is 2.83 bits per heavy atom. The normalized spacial score (nSPS) is 12.5. The number of hydrogen-bond donors (Lipinski definition) is 1. The lowest BCUT2D eigenvalue weighted by Gasteiger charge is -1.95. The molecule has 0 bridgehead atoms. The second kappa shape index (κ2) is 2.32. The van der Waals surface area contributed by atoms with Crippen molar-refractivity contribution in [1.82, 2.24) is 0 Å². The van der Waals surface area contributed by atoms with Gasteiger partial charge in [0, 0.05) is 12.1 Å². The number of carboxylic acid groups (broad SMARTS) is 1. The van der Waals surface area contributed by atoms with Crippen LogP contribution in [0.4, 0.5) is 5.69 Å². The highest BCUT2D eigenvalue weighted by Gasteiger charge is 2.20. The highest BCUT2D eigenvalue weighted by Crippen LogP contribution is 2.23. The minimum Gasteiger partial charge on any atom is -0.487 e. The lowest BCUT2D eigenvalue weighted by Crippen LogP contribution is -2.26. The first kappa shape index (κ1) is 6.83. The van der Waals surface area contributed by atoms with Gasteiger partial charge in [0.2, 0.25) is 5.70 Å². The van der Waals surface area contributed by atoms with Gasteiger partial charge in [0.25, 0.3) is 0 Å². The monoisotopic (exact) mass is 159 g/mol. The molecule has 0 unspecified atom stereocenters. The Hall–Kier alpha value is -1.86. The number of carbonyl (C=O) groups is 1. The lowest BCUT2D eigenvalue weighted by atomic mass is 10.2. The maximum Gasteiger partial charge on any atom is 0.212 e. The molecule has 12 heavy (non-hydrogen) atoms. The van der Waals surface area contributed by atoms with Crippen LogP contribution in [0.15, 0.2) is 30.0 Å². The van der Waals surface area contributed by atoms with Gasteiger partial charge >= 0.3 is 0 Å². The Morgan fingerprint density at radius 1 is 1.42 bits per heavy atom. The average molecular weight is 159 g/mol. The quantitative estimate of drug-likeness (QED) is 0.582. The van der Waals surface area contributed by atoms with E-state index in [1.165, 1.54) is 0 Å². The van der Waals surface area contributed by atoms with E-state index < -0.39 is 5.97 Å². The summed E-state index contributed by atoms with van der Waals surface area (Å²) >= 11 is 0. The van der Waals surface area contributed by atoms with Crippen molar-refractivity contribution in [3.63, 3.8) is 0 Å². The van der Waals surface area contributed by atoms with Gasteiger partial charge in [-0.1, -0.05) is 0 Å². The van der Waals surface area contributed by atoms with Crippen molar-refractivity contribution >= 4 is 11.7 Å². The number of aliphatic carboxylic acids is 1. The van der Waals surface area contributed by atoms with Crippen LogP contribution in [0.1, 0.15) is 5.56 Å². The standard InChI is InChI=1S/C9H5NO2/c11-9(12)8-5-6-3-1-2-4-7(6)10-8/h1-4,10H. The summed E-state index contributed by atoms with van der Waals surface area (Å²) in [5, 5.41) is 13.1. The minimum atomic E-state index is -1.23. The van der Waals surface area contributed by atoms with E-state index >= 15 is 0 Å². The van der Waals surface area contributed by atoms with Crippen LogP contribution in [0, 0.1) is 6.08 Å². The third-order valence-corrected chi connectivity index (χ3v) is 1.65. The summed E-state index contributed by atoms with van der Waals surface area (Å²) in [7, 11) is 0. The van der Waals surface area contributed by atoms with Gasteiger partial charge in [-0.25, -0.2) is 0 Å². The van der Waals surface area contributed by atoms with E-state index in [0.717, 1.165) is 11.3 Å². The Labute approximate surface area is 69.3 Å². The van der Waals surface area contributed by atoms with Crippen molar-refractivity contribution in [3.05, 3.63) is 41.6 Å². The fourth-order valence-corrected chi connectivity index (χ4v) is 1.10. The average Bonchev–Trinajstić information content (AvgIpc) is 2.46. The summed E-state index contributed by atoms with van der Waals surface area (Å²) in [6.07, 6.45) is 2.68. The number of para-hydroxylation sites is 1. The molecule has 0 atom stereocenters. The van der Waals surface area contributed by atoms with Crippen LogP contribution in [0.5, 0.6) is 0 Å². The Balaban J connectivity index is 2.41. The Kier molecular flexibility index (Phi) is 1.32. The van der Waals surface area contributed by atoms with Crippen molar-refractivity contribution < 1.29 is 9.90 Å². The molecule has 0 aromatic heterocycles. The molecule has 1 N–H and O–H groups in total. The first-order valence-electron chi connectivity index (χ1n) is 3.49. The van der Waals surface area contributed by atoms with E-state index in [9.17, 15) is 9.90 Å². The maximum absolute atomic E-state index is 10.4. The smallest absolute Gasteiger partial charge is 0.212 e.